The Labute approximate surface area is 148 Å². The zero-order chi connectivity index (χ0) is 17.6. The van der Waals surface area contributed by atoms with Crippen LogP contribution in [-0.2, 0) is 0 Å². The van der Waals surface area contributed by atoms with Crippen molar-refractivity contribution in [2.24, 2.45) is 0 Å². The molecule has 1 atom stereocenters. The van der Waals surface area contributed by atoms with Gasteiger partial charge in [-0.2, -0.15) is 11.8 Å². The van der Waals surface area contributed by atoms with Crippen LogP contribution in [0.3, 0.4) is 0 Å². The topological polar surface area (TPSA) is 71.3 Å². The van der Waals surface area contributed by atoms with Crippen LogP contribution in [0.2, 0.25) is 0 Å². The number of benzene rings is 1. The first-order valence-corrected chi connectivity index (χ1v) is 9.18. The molecule has 1 aromatic carbocycles. The van der Waals surface area contributed by atoms with Gasteiger partial charge in [-0.05, 0) is 48.8 Å². The summed E-state index contributed by atoms with van der Waals surface area (Å²) in [5.41, 5.74) is 1.12. The van der Waals surface area contributed by atoms with Crippen molar-refractivity contribution in [3.05, 3.63) is 60.3 Å². The van der Waals surface area contributed by atoms with Gasteiger partial charge in [-0.15, -0.1) is 10.2 Å². The van der Waals surface area contributed by atoms with Crippen molar-refractivity contribution in [3.8, 4) is 0 Å². The Morgan fingerprint density at radius 2 is 2.16 bits per heavy atom. The molecule has 0 radical (unpaired) electrons. The van der Waals surface area contributed by atoms with Gasteiger partial charge in [0, 0.05) is 11.9 Å². The molecule has 0 aliphatic carbocycles. The van der Waals surface area contributed by atoms with Crippen molar-refractivity contribution in [1.29, 1.82) is 0 Å². The van der Waals surface area contributed by atoms with Crippen LogP contribution in [0, 0.1) is 5.82 Å². The van der Waals surface area contributed by atoms with Gasteiger partial charge in [0.25, 0.3) is 0 Å². The minimum absolute atomic E-state index is 0.307. The zero-order valence-corrected chi connectivity index (χ0v) is 14.5. The second-order valence-corrected chi connectivity index (χ2v) is 6.42. The molecule has 6 nitrogen and oxygen atoms in total. The predicted octanol–water partition coefficient (Wildman–Crippen LogP) is 3.48. The van der Waals surface area contributed by atoms with Crippen molar-refractivity contribution < 1.29 is 9.18 Å². The van der Waals surface area contributed by atoms with Crippen LogP contribution in [0.25, 0.3) is 5.65 Å². The summed E-state index contributed by atoms with van der Waals surface area (Å²) in [7, 11) is 0. The molecule has 0 fully saturated rings. The van der Waals surface area contributed by atoms with Gasteiger partial charge in [-0.3, -0.25) is 4.40 Å². The maximum atomic E-state index is 13.2. The second kappa shape index (κ2) is 7.98. The van der Waals surface area contributed by atoms with E-state index in [2.05, 4.69) is 20.8 Å². The Balaban J connectivity index is 1.77. The minimum atomic E-state index is -0.413. The molecule has 0 bridgehead atoms. The third-order valence-electron chi connectivity index (χ3n) is 3.65. The molecule has 130 valence electrons. The molecule has 0 saturated heterocycles. The highest BCUT2D eigenvalue weighted by Crippen LogP contribution is 2.18. The van der Waals surface area contributed by atoms with Gasteiger partial charge in [-0.25, -0.2) is 9.18 Å². The van der Waals surface area contributed by atoms with E-state index in [-0.39, 0.29) is 6.04 Å². The van der Waals surface area contributed by atoms with E-state index in [4.69, 9.17) is 0 Å². The highest BCUT2D eigenvalue weighted by atomic mass is 32.2. The van der Waals surface area contributed by atoms with Gasteiger partial charge in [0.2, 0.25) is 0 Å². The summed E-state index contributed by atoms with van der Waals surface area (Å²) >= 11 is 1.69. The number of hydrogen-bond donors (Lipinski definition) is 2. The molecule has 8 heteroatoms. The summed E-state index contributed by atoms with van der Waals surface area (Å²) in [6, 6.07) is 10.7. The number of rotatable bonds is 6. The summed E-state index contributed by atoms with van der Waals surface area (Å²) in [5.74, 6) is 1.12. The lowest BCUT2D eigenvalue weighted by Gasteiger charge is -2.17. The largest absolute Gasteiger partial charge is 0.328 e. The molecular formula is C17H18FN5OS. The number of pyridine rings is 1. The monoisotopic (exact) mass is 359 g/mol. The van der Waals surface area contributed by atoms with E-state index in [0.717, 1.165) is 11.4 Å². The van der Waals surface area contributed by atoms with E-state index < -0.39 is 11.8 Å². The summed E-state index contributed by atoms with van der Waals surface area (Å²) < 4.78 is 15.1. The summed E-state index contributed by atoms with van der Waals surface area (Å²) in [6.45, 7) is 0. The number of urea groups is 1. The van der Waals surface area contributed by atoms with Crippen molar-refractivity contribution in [3.63, 3.8) is 0 Å². The number of aromatic nitrogens is 3. The fraction of sp³-hybridized carbons (Fsp3) is 0.235. The van der Waals surface area contributed by atoms with Crippen molar-refractivity contribution in [1.82, 2.24) is 19.9 Å². The number of nitrogens with one attached hydrogen (secondary N) is 2. The molecule has 1 unspecified atom stereocenters. The number of carbonyl (C=O) groups excluding carboxylic acids is 1. The molecule has 2 heterocycles. The lowest BCUT2D eigenvalue weighted by molar-refractivity contribution is 0.247. The number of anilines is 1. The normalized spacial score (nSPS) is 12.1. The minimum Gasteiger partial charge on any atom is -0.328 e. The van der Waals surface area contributed by atoms with E-state index in [1.807, 2.05) is 35.1 Å². The molecule has 25 heavy (non-hydrogen) atoms. The van der Waals surface area contributed by atoms with E-state index in [1.165, 1.54) is 12.1 Å². The zero-order valence-electron chi connectivity index (χ0n) is 13.6. The molecule has 3 aromatic rings. The Hall–Kier alpha value is -2.61. The number of carbonyl (C=O) groups is 1. The Morgan fingerprint density at radius 1 is 1.28 bits per heavy atom. The average molecular weight is 359 g/mol. The van der Waals surface area contributed by atoms with Gasteiger partial charge < -0.3 is 10.6 Å². The highest BCUT2D eigenvalue weighted by Gasteiger charge is 2.20. The molecule has 3 rings (SSSR count). The molecule has 2 amide bonds. The Morgan fingerprint density at radius 3 is 2.96 bits per heavy atom. The van der Waals surface area contributed by atoms with Crippen LogP contribution in [-0.4, -0.2) is 32.6 Å². The number of halogens is 1. The molecular weight excluding hydrogens is 341 g/mol. The van der Waals surface area contributed by atoms with Crippen molar-refractivity contribution >= 4 is 29.1 Å². The number of thioether (sulfide) groups is 1. The van der Waals surface area contributed by atoms with Crippen LogP contribution in [0.15, 0.2) is 48.7 Å². The first-order chi connectivity index (χ1) is 12.2. The van der Waals surface area contributed by atoms with Crippen molar-refractivity contribution in [2.75, 3.05) is 17.3 Å². The van der Waals surface area contributed by atoms with Crippen LogP contribution >= 0.6 is 11.8 Å². The van der Waals surface area contributed by atoms with Crippen LogP contribution in [0.5, 0.6) is 0 Å². The van der Waals surface area contributed by atoms with E-state index in [1.54, 1.807) is 23.9 Å². The van der Waals surface area contributed by atoms with E-state index in [9.17, 15) is 9.18 Å². The van der Waals surface area contributed by atoms with Gasteiger partial charge in [0.15, 0.2) is 11.5 Å². The third-order valence-corrected chi connectivity index (χ3v) is 4.29. The predicted molar refractivity (Wildman–Crippen MR) is 97.3 cm³/mol. The van der Waals surface area contributed by atoms with Gasteiger partial charge in [-0.1, -0.05) is 12.1 Å². The van der Waals surface area contributed by atoms with Crippen LogP contribution in [0.4, 0.5) is 14.9 Å². The summed E-state index contributed by atoms with van der Waals surface area (Å²) in [6.07, 6.45) is 4.57. The van der Waals surface area contributed by atoms with Gasteiger partial charge in [0.05, 0.1) is 6.04 Å². The molecule has 0 aliphatic rings. The fourth-order valence-electron chi connectivity index (χ4n) is 2.49. The van der Waals surface area contributed by atoms with E-state index in [0.29, 0.717) is 17.9 Å². The Bertz CT molecular complexity index is 869. The first-order valence-electron chi connectivity index (χ1n) is 7.79. The van der Waals surface area contributed by atoms with Crippen LogP contribution in [0.1, 0.15) is 18.3 Å². The number of amides is 2. The smallest absolute Gasteiger partial charge is 0.319 e. The van der Waals surface area contributed by atoms with E-state index >= 15 is 0 Å². The maximum absolute atomic E-state index is 13.2. The maximum Gasteiger partial charge on any atom is 0.319 e. The standard InChI is InChI=1S/C17H18FN5OS/c1-25-10-8-14(16-22-21-15-7-2-3-9-23(15)16)20-17(24)19-13-6-4-5-12(18)11-13/h2-7,9,11,14H,8,10H2,1H3,(H2,19,20,24). The number of hydrogen-bond acceptors (Lipinski definition) is 4. The van der Waals surface area contributed by atoms with Gasteiger partial charge >= 0.3 is 6.03 Å². The average Bonchev–Trinajstić information content (AvgIpc) is 3.02. The van der Waals surface area contributed by atoms with Gasteiger partial charge in [0.1, 0.15) is 5.82 Å². The molecule has 2 N–H and O–H groups in total. The second-order valence-electron chi connectivity index (χ2n) is 5.43. The first kappa shape index (κ1) is 17.2. The molecule has 0 aliphatic heterocycles. The highest BCUT2D eigenvalue weighted by molar-refractivity contribution is 7.98. The fourth-order valence-corrected chi connectivity index (χ4v) is 2.96. The Kier molecular flexibility index (Phi) is 5.49. The third kappa shape index (κ3) is 4.27. The molecule has 2 aromatic heterocycles. The lowest BCUT2D eigenvalue weighted by Crippen LogP contribution is -2.34. The lowest BCUT2D eigenvalue weighted by atomic mass is 10.2. The number of nitrogens with zero attached hydrogens (tertiary/aromatic N) is 3. The quantitative estimate of drug-likeness (QED) is 0.707. The summed E-state index contributed by atoms with van der Waals surface area (Å²) in [4.78, 5) is 12.3. The number of fused-ring (bicyclic) bond motifs is 1. The van der Waals surface area contributed by atoms with Crippen LogP contribution < -0.4 is 10.6 Å². The summed E-state index contributed by atoms with van der Waals surface area (Å²) in [5, 5.41) is 13.9. The molecule has 0 saturated carbocycles. The van der Waals surface area contributed by atoms with Crippen molar-refractivity contribution in [2.45, 2.75) is 12.5 Å². The SMILES string of the molecule is CSCCC(NC(=O)Nc1cccc(F)c1)c1nnc2ccccn12. The molecule has 0 spiro atoms.